The number of amides is 1. The molecule has 9 heteroatoms. The molecule has 1 aliphatic rings. The molecule has 2 aromatic rings. The highest BCUT2D eigenvalue weighted by Gasteiger charge is 2.27. The summed E-state index contributed by atoms with van der Waals surface area (Å²) in [6, 6.07) is 3.21. The van der Waals surface area contributed by atoms with Gasteiger partial charge in [-0.25, -0.2) is 14.8 Å². The predicted molar refractivity (Wildman–Crippen MR) is 109 cm³/mol. The third-order valence-electron chi connectivity index (χ3n) is 4.55. The van der Waals surface area contributed by atoms with Gasteiger partial charge in [-0.15, -0.1) is 0 Å². The Morgan fingerprint density at radius 2 is 1.64 bits per heavy atom. The highest BCUT2D eigenvalue weighted by Crippen LogP contribution is 2.29. The lowest BCUT2D eigenvalue weighted by molar-refractivity contribution is -0.131. The molecule has 0 spiro atoms. The van der Waals surface area contributed by atoms with Gasteiger partial charge in [-0.1, -0.05) is 30.1 Å². The Bertz CT molecular complexity index is 898. The number of benzene rings is 1. The molecule has 0 saturated carbocycles. The van der Waals surface area contributed by atoms with Crippen molar-refractivity contribution in [3.05, 3.63) is 27.9 Å². The normalized spacial score (nSPS) is 14.4. The second-order valence-corrected chi connectivity index (χ2v) is 7.30. The van der Waals surface area contributed by atoms with Crippen LogP contribution >= 0.6 is 23.2 Å². The van der Waals surface area contributed by atoms with Crippen LogP contribution in [0.1, 0.15) is 37.2 Å². The lowest BCUT2D eigenvalue weighted by atomic mass is 10.2. The van der Waals surface area contributed by atoms with E-state index in [-0.39, 0.29) is 18.2 Å². The van der Waals surface area contributed by atoms with Gasteiger partial charge in [-0.2, -0.15) is 0 Å². The second kappa shape index (κ2) is 8.92. The van der Waals surface area contributed by atoms with Crippen LogP contribution < -0.4 is 4.90 Å². The number of carbonyl (C=O) groups is 2. The van der Waals surface area contributed by atoms with Gasteiger partial charge in [0.2, 0.25) is 5.91 Å². The van der Waals surface area contributed by atoms with E-state index in [1.54, 1.807) is 19.1 Å². The van der Waals surface area contributed by atoms with Gasteiger partial charge >= 0.3 is 5.97 Å². The molecule has 3 rings (SSSR count). The van der Waals surface area contributed by atoms with Crippen LogP contribution in [0.15, 0.2) is 12.1 Å². The molecule has 1 saturated heterocycles. The smallest absolute Gasteiger partial charge is 0.360 e. The van der Waals surface area contributed by atoms with Crippen molar-refractivity contribution in [2.75, 3.05) is 37.7 Å². The Balaban J connectivity index is 1.94. The van der Waals surface area contributed by atoms with Crippen molar-refractivity contribution in [3.63, 3.8) is 0 Å². The standard InChI is InChI=1S/C19H22Cl2N4O3/c1-3-5-16(26)24-6-8-25(9-7-24)18-17(19(27)28-4-2)22-14-10-12(20)13(21)11-15(14)23-18/h10-11H,3-9H2,1-2H3. The minimum absolute atomic E-state index is 0.140. The fourth-order valence-electron chi connectivity index (χ4n) is 3.14. The number of fused-ring (bicyclic) bond motifs is 1. The minimum atomic E-state index is -0.539. The third-order valence-corrected chi connectivity index (χ3v) is 5.27. The SMILES string of the molecule is CCCC(=O)N1CCN(c2nc3cc(Cl)c(Cl)cc3nc2C(=O)OCC)CC1. The molecular weight excluding hydrogens is 403 g/mol. The summed E-state index contributed by atoms with van der Waals surface area (Å²) >= 11 is 12.2. The van der Waals surface area contributed by atoms with Gasteiger partial charge in [-0.05, 0) is 25.5 Å². The van der Waals surface area contributed by atoms with Crippen molar-refractivity contribution in [1.82, 2.24) is 14.9 Å². The van der Waals surface area contributed by atoms with Gasteiger partial charge in [0.1, 0.15) is 0 Å². The molecule has 1 aromatic heterocycles. The van der Waals surface area contributed by atoms with Crippen LogP contribution in [0, 0.1) is 0 Å². The van der Waals surface area contributed by atoms with Crippen molar-refractivity contribution >= 4 is 51.9 Å². The molecule has 28 heavy (non-hydrogen) atoms. The second-order valence-electron chi connectivity index (χ2n) is 6.49. The summed E-state index contributed by atoms with van der Waals surface area (Å²) in [5.74, 6) is 0.0492. The number of esters is 1. The van der Waals surface area contributed by atoms with E-state index in [0.29, 0.717) is 59.5 Å². The molecular formula is C19H22Cl2N4O3. The fraction of sp³-hybridized carbons (Fsp3) is 0.474. The van der Waals surface area contributed by atoms with Crippen LogP contribution in [-0.2, 0) is 9.53 Å². The number of ether oxygens (including phenoxy) is 1. The molecule has 150 valence electrons. The number of rotatable bonds is 5. The molecule has 0 radical (unpaired) electrons. The maximum Gasteiger partial charge on any atom is 0.360 e. The van der Waals surface area contributed by atoms with Gasteiger partial charge < -0.3 is 14.5 Å². The number of aromatic nitrogens is 2. The van der Waals surface area contributed by atoms with E-state index in [2.05, 4.69) is 9.97 Å². The molecule has 0 unspecified atom stereocenters. The number of nitrogens with zero attached hydrogens (tertiary/aromatic N) is 4. The number of halogens is 2. The molecule has 1 aliphatic heterocycles. The first kappa shape index (κ1) is 20.6. The fourth-order valence-corrected chi connectivity index (χ4v) is 3.45. The van der Waals surface area contributed by atoms with Crippen molar-refractivity contribution in [2.24, 2.45) is 0 Å². The Kier molecular flexibility index (Phi) is 6.57. The average molecular weight is 425 g/mol. The zero-order valence-corrected chi connectivity index (χ0v) is 17.4. The molecule has 0 atom stereocenters. The zero-order chi connectivity index (χ0) is 20.3. The highest BCUT2D eigenvalue weighted by atomic mass is 35.5. The summed E-state index contributed by atoms with van der Waals surface area (Å²) < 4.78 is 5.16. The van der Waals surface area contributed by atoms with E-state index in [4.69, 9.17) is 27.9 Å². The molecule has 0 bridgehead atoms. The van der Waals surface area contributed by atoms with Crippen LogP contribution in [0.25, 0.3) is 11.0 Å². The van der Waals surface area contributed by atoms with Crippen LogP contribution in [0.3, 0.4) is 0 Å². The quantitative estimate of drug-likeness (QED) is 0.682. The first-order valence-electron chi connectivity index (χ1n) is 9.31. The largest absolute Gasteiger partial charge is 0.461 e. The number of hydrogen-bond acceptors (Lipinski definition) is 6. The molecule has 1 amide bonds. The highest BCUT2D eigenvalue weighted by molar-refractivity contribution is 6.42. The monoisotopic (exact) mass is 424 g/mol. The number of anilines is 1. The summed E-state index contributed by atoms with van der Waals surface area (Å²) in [5.41, 5.74) is 1.15. The maximum absolute atomic E-state index is 12.5. The van der Waals surface area contributed by atoms with E-state index in [0.717, 1.165) is 6.42 Å². The van der Waals surface area contributed by atoms with E-state index < -0.39 is 5.97 Å². The van der Waals surface area contributed by atoms with E-state index in [9.17, 15) is 9.59 Å². The van der Waals surface area contributed by atoms with Crippen LogP contribution in [0.2, 0.25) is 10.0 Å². The number of hydrogen-bond donors (Lipinski definition) is 0. The van der Waals surface area contributed by atoms with Crippen LogP contribution in [-0.4, -0.2) is 59.5 Å². The summed E-state index contributed by atoms with van der Waals surface area (Å²) in [6.07, 6.45) is 1.37. The van der Waals surface area contributed by atoms with Crippen molar-refractivity contribution in [3.8, 4) is 0 Å². The lowest BCUT2D eigenvalue weighted by Gasteiger charge is -2.35. The van der Waals surface area contributed by atoms with Gasteiger partial charge in [0, 0.05) is 32.6 Å². The Hall–Kier alpha value is -2.12. The molecule has 1 aromatic carbocycles. The summed E-state index contributed by atoms with van der Waals surface area (Å²) in [6.45, 7) is 6.22. The van der Waals surface area contributed by atoms with Crippen LogP contribution in [0.5, 0.6) is 0 Å². The Labute approximate surface area is 173 Å². The Morgan fingerprint density at radius 3 is 2.21 bits per heavy atom. The average Bonchev–Trinajstić information content (AvgIpc) is 2.68. The van der Waals surface area contributed by atoms with Gasteiger partial charge in [0.25, 0.3) is 0 Å². The zero-order valence-electron chi connectivity index (χ0n) is 15.9. The topological polar surface area (TPSA) is 75.6 Å². The van der Waals surface area contributed by atoms with Crippen molar-refractivity contribution in [1.29, 1.82) is 0 Å². The van der Waals surface area contributed by atoms with Crippen LogP contribution in [0.4, 0.5) is 5.82 Å². The summed E-state index contributed by atoms with van der Waals surface area (Å²) in [7, 11) is 0. The maximum atomic E-state index is 12.5. The number of piperazine rings is 1. The molecule has 0 aliphatic carbocycles. The van der Waals surface area contributed by atoms with E-state index >= 15 is 0 Å². The van der Waals surface area contributed by atoms with E-state index in [1.807, 2.05) is 16.7 Å². The van der Waals surface area contributed by atoms with Gasteiger partial charge in [0.15, 0.2) is 11.5 Å². The molecule has 1 fully saturated rings. The summed E-state index contributed by atoms with van der Waals surface area (Å²) in [4.78, 5) is 37.5. The first-order valence-corrected chi connectivity index (χ1v) is 10.1. The van der Waals surface area contributed by atoms with Gasteiger partial charge in [0.05, 0.1) is 27.7 Å². The van der Waals surface area contributed by atoms with Crippen molar-refractivity contribution in [2.45, 2.75) is 26.7 Å². The van der Waals surface area contributed by atoms with Gasteiger partial charge in [-0.3, -0.25) is 4.79 Å². The lowest BCUT2D eigenvalue weighted by Crippen LogP contribution is -2.49. The first-order chi connectivity index (χ1) is 13.4. The molecule has 2 heterocycles. The predicted octanol–water partition coefficient (Wildman–Crippen LogP) is 3.56. The summed E-state index contributed by atoms with van der Waals surface area (Å²) in [5, 5.41) is 0.711. The van der Waals surface area contributed by atoms with E-state index in [1.165, 1.54) is 0 Å². The van der Waals surface area contributed by atoms with Crippen molar-refractivity contribution < 1.29 is 14.3 Å². The molecule has 7 nitrogen and oxygen atoms in total. The Morgan fingerprint density at radius 1 is 1.04 bits per heavy atom. The molecule has 0 N–H and O–H groups in total. The number of carbonyl (C=O) groups excluding carboxylic acids is 2. The third kappa shape index (κ3) is 4.31. The minimum Gasteiger partial charge on any atom is -0.461 e.